The summed E-state index contributed by atoms with van der Waals surface area (Å²) in [5.74, 6) is -0.0376. The molecule has 0 bridgehead atoms. The summed E-state index contributed by atoms with van der Waals surface area (Å²) in [5.41, 5.74) is 1.83. The third kappa shape index (κ3) is 6.16. The zero-order valence-electron chi connectivity index (χ0n) is 11.8. The van der Waals surface area contributed by atoms with Crippen molar-refractivity contribution in [3.8, 4) is 0 Å². The molecule has 2 N–H and O–H groups in total. The molecule has 21 heavy (non-hydrogen) atoms. The smallest absolute Gasteiger partial charge is 0.251 e. The van der Waals surface area contributed by atoms with Gasteiger partial charge in [0.25, 0.3) is 5.91 Å². The number of carbonyl (C=O) groups is 1. The van der Waals surface area contributed by atoms with E-state index in [0.29, 0.717) is 12.1 Å². The molecule has 0 aliphatic heterocycles. The van der Waals surface area contributed by atoms with Crippen LogP contribution in [0.4, 0.5) is 0 Å². The lowest BCUT2D eigenvalue weighted by molar-refractivity contribution is 0.0954. The van der Waals surface area contributed by atoms with E-state index < -0.39 is 0 Å². The minimum absolute atomic E-state index is 0. The van der Waals surface area contributed by atoms with E-state index in [0.717, 1.165) is 18.7 Å². The standard InChI is InChI=1S/C14H18N4O.2ClH/c1-15-6-7-17-14(19)13-4-2-12(3-5-13)10-18-9-8-16-11-18;;/h2-5,8-9,11,15H,6-7,10H2,1H3,(H,17,19);2*1H. The van der Waals surface area contributed by atoms with Gasteiger partial charge in [-0.1, -0.05) is 12.1 Å². The van der Waals surface area contributed by atoms with Crippen LogP contribution in [-0.4, -0.2) is 35.6 Å². The van der Waals surface area contributed by atoms with Gasteiger partial charge in [0.2, 0.25) is 0 Å². The summed E-state index contributed by atoms with van der Waals surface area (Å²) in [4.78, 5) is 15.8. The number of carbonyl (C=O) groups excluding carboxylic acids is 1. The molecule has 0 aliphatic carbocycles. The van der Waals surface area contributed by atoms with Gasteiger partial charge in [0.1, 0.15) is 0 Å². The number of aromatic nitrogens is 2. The Bertz CT molecular complexity index is 514. The van der Waals surface area contributed by atoms with Crippen LogP contribution in [0.5, 0.6) is 0 Å². The Balaban J connectivity index is 0.00000200. The predicted octanol–water partition coefficient (Wildman–Crippen LogP) is 1.72. The number of hydrogen-bond acceptors (Lipinski definition) is 3. The van der Waals surface area contributed by atoms with Crippen LogP contribution in [0.25, 0.3) is 0 Å². The van der Waals surface area contributed by atoms with E-state index in [-0.39, 0.29) is 30.7 Å². The number of rotatable bonds is 6. The van der Waals surface area contributed by atoms with Crippen molar-refractivity contribution in [1.82, 2.24) is 20.2 Å². The molecule has 7 heteroatoms. The van der Waals surface area contributed by atoms with Crippen molar-refractivity contribution in [2.45, 2.75) is 6.54 Å². The molecule has 2 aromatic rings. The van der Waals surface area contributed by atoms with Crippen molar-refractivity contribution in [3.63, 3.8) is 0 Å². The first-order valence-electron chi connectivity index (χ1n) is 6.27. The van der Waals surface area contributed by atoms with Gasteiger partial charge in [0.15, 0.2) is 0 Å². The molecule has 0 radical (unpaired) electrons. The van der Waals surface area contributed by atoms with Crippen LogP contribution in [0.15, 0.2) is 43.0 Å². The first-order chi connectivity index (χ1) is 9.29. The molecule has 0 atom stereocenters. The monoisotopic (exact) mass is 330 g/mol. The van der Waals surface area contributed by atoms with Crippen molar-refractivity contribution in [2.75, 3.05) is 20.1 Å². The number of benzene rings is 1. The summed E-state index contributed by atoms with van der Waals surface area (Å²) < 4.78 is 1.99. The largest absolute Gasteiger partial charge is 0.351 e. The summed E-state index contributed by atoms with van der Waals surface area (Å²) in [6, 6.07) is 7.63. The molecule has 1 aromatic heterocycles. The third-order valence-electron chi connectivity index (χ3n) is 2.80. The number of halogens is 2. The van der Waals surface area contributed by atoms with Crippen molar-refractivity contribution in [3.05, 3.63) is 54.1 Å². The number of likely N-dealkylation sites (N-methyl/N-ethyl adjacent to an activating group) is 1. The van der Waals surface area contributed by atoms with Gasteiger partial charge in [-0.2, -0.15) is 0 Å². The Hall–Kier alpha value is -1.56. The Morgan fingerprint density at radius 2 is 1.90 bits per heavy atom. The van der Waals surface area contributed by atoms with Gasteiger partial charge in [0.05, 0.1) is 6.33 Å². The van der Waals surface area contributed by atoms with E-state index in [9.17, 15) is 4.79 Å². The number of hydrogen-bond donors (Lipinski definition) is 2. The Morgan fingerprint density at radius 1 is 1.19 bits per heavy atom. The fraction of sp³-hybridized carbons (Fsp3) is 0.286. The zero-order valence-corrected chi connectivity index (χ0v) is 13.4. The molecule has 1 heterocycles. The molecule has 0 saturated heterocycles. The van der Waals surface area contributed by atoms with Gasteiger partial charge < -0.3 is 15.2 Å². The molecule has 2 rings (SSSR count). The lowest BCUT2D eigenvalue weighted by Crippen LogP contribution is -2.30. The minimum atomic E-state index is -0.0376. The van der Waals surface area contributed by atoms with Gasteiger partial charge >= 0.3 is 0 Å². The maximum absolute atomic E-state index is 11.8. The van der Waals surface area contributed by atoms with E-state index in [1.807, 2.05) is 42.1 Å². The van der Waals surface area contributed by atoms with Crippen LogP contribution in [0.3, 0.4) is 0 Å². The molecule has 0 fully saturated rings. The summed E-state index contributed by atoms with van der Waals surface area (Å²) >= 11 is 0. The summed E-state index contributed by atoms with van der Waals surface area (Å²) in [6.07, 6.45) is 5.44. The van der Waals surface area contributed by atoms with E-state index in [1.54, 1.807) is 12.5 Å². The molecule has 0 unspecified atom stereocenters. The summed E-state index contributed by atoms with van der Waals surface area (Å²) in [5, 5.41) is 5.83. The molecule has 1 amide bonds. The topological polar surface area (TPSA) is 58.9 Å². The summed E-state index contributed by atoms with van der Waals surface area (Å²) in [6.45, 7) is 2.16. The molecular weight excluding hydrogens is 311 g/mol. The van der Waals surface area contributed by atoms with Crippen LogP contribution in [-0.2, 0) is 6.54 Å². The number of nitrogens with one attached hydrogen (secondary N) is 2. The highest BCUT2D eigenvalue weighted by molar-refractivity contribution is 5.94. The SMILES string of the molecule is CNCCNC(=O)c1ccc(Cn2ccnc2)cc1.Cl.Cl. The maximum Gasteiger partial charge on any atom is 0.251 e. The molecule has 1 aromatic carbocycles. The number of imidazole rings is 1. The van der Waals surface area contributed by atoms with Crippen LogP contribution in [0, 0.1) is 0 Å². The molecule has 0 saturated carbocycles. The van der Waals surface area contributed by atoms with Crippen LogP contribution in [0.1, 0.15) is 15.9 Å². The first kappa shape index (κ1) is 19.4. The number of amides is 1. The maximum atomic E-state index is 11.8. The second kappa shape index (κ2) is 10.2. The van der Waals surface area contributed by atoms with E-state index in [4.69, 9.17) is 0 Å². The average Bonchev–Trinajstić information content (AvgIpc) is 2.93. The molecule has 5 nitrogen and oxygen atoms in total. The molecule has 0 aliphatic rings. The quantitative estimate of drug-likeness (QED) is 0.793. The molecule has 0 spiro atoms. The van der Waals surface area contributed by atoms with Crippen molar-refractivity contribution >= 4 is 30.7 Å². The van der Waals surface area contributed by atoms with Crippen LogP contribution >= 0.6 is 24.8 Å². The molecular formula is C14H20Cl2N4O. The van der Waals surface area contributed by atoms with E-state index in [1.165, 1.54) is 0 Å². The van der Waals surface area contributed by atoms with Crippen LogP contribution in [0.2, 0.25) is 0 Å². The fourth-order valence-electron chi connectivity index (χ4n) is 1.76. The van der Waals surface area contributed by atoms with E-state index >= 15 is 0 Å². The highest BCUT2D eigenvalue weighted by Gasteiger charge is 2.04. The van der Waals surface area contributed by atoms with Gasteiger partial charge in [-0.15, -0.1) is 24.8 Å². The highest BCUT2D eigenvalue weighted by Crippen LogP contribution is 2.06. The predicted molar refractivity (Wildman–Crippen MR) is 88.5 cm³/mol. The van der Waals surface area contributed by atoms with Gasteiger partial charge in [-0.25, -0.2) is 4.98 Å². The van der Waals surface area contributed by atoms with Crippen molar-refractivity contribution in [1.29, 1.82) is 0 Å². The third-order valence-corrected chi connectivity index (χ3v) is 2.80. The molecule has 116 valence electrons. The Morgan fingerprint density at radius 3 is 2.48 bits per heavy atom. The Labute approximate surface area is 137 Å². The second-order valence-corrected chi connectivity index (χ2v) is 4.29. The van der Waals surface area contributed by atoms with Gasteiger partial charge in [0, 0.05) is 37.6 Å². The van der Waals surface area contributed by atoms with Gasteiger partial charge in [-0.3, -0.25) is 4.79 Å². The van der Waals surface area contributed by atoms with Crippen molar-refractivity contribution < 1.29 is 4.79 Å². The Kier molecular flexibility index (Phi) is 9.45. The summed E-state index contributed by atoms with van der Waals surface area (Å²) in [7, 11) is 1.86. The lowest BCUT2D eigenvalue weighted by Gasteiger charge is -2.06. The van der Waals surface area contributed by atoms with Crippen LogP contribution < -0.4 is 10.6 Å². The zero-order chi connectivity index (χ0) is 13.5. The first-order valence-corrected chi connectivity index (χ1v) is 6.27. The minimum Gasteiger partial charge on any atom is -0.351 e. The highest BCUT2D eigenvalue weighted by atomic mass is 35.5. The van der Waals surface area contributed by atoms with Gasteiger partial charge in [-0.05, 0) is 24.7 Å². The second-order valence-electron chi connectivity index (χ2n) is 4.29. The lowest BCUT2D eigenvalue weighted by atomic mass is 10.1. The van der Waals surface area contributed by atoms with E-state index in [2.05, 4.69) is 15.6 Å². The number of nitrogens with zero attached hydrogens (tertiary/aromatic N) is 2. The average molecular weight is 331 g/mol. The fourth-order valence-corrected chi connectivity index (χ4v) is 1.76. The normalized spacial score (nSPS) is 9.38. The van der Waals surface area contributed by atoms with Crippen molar-refractivity contribution in [2.24, 2.45) is 0 Å².